The predicted molar refractivity (Wildman–Crippen MR) is 71.0 cm³/mol. The van der Waals surface area contributed by atoms with Crippen molar-refractivity contribution in [1.82, 2.24) is 9.88 Å². The molecule has 2 rings (SSSR count). The molecule has 1 fully saturated rings. The van der Waals surface area contributed by atoms with Gasteiger partial charge in [-0.1, -0.05) is 0 Å². The molecule has 0 aliphatic carbocycles. The van der Waals surface area contributed by atoms with Gasteiger partial charge in [-0.3, -0.25) is 0 Å². The van der Waals surface area contributed by atoms with Crippen LogP contribution in [0.1, 0.15) is 18.9 Å². The van der Waals surface area contributed by atoms with Gasteiger partial charge in [0.15, 0.2) is 0 Å². The third kappa shape index (κ3) is 2.79. The number of halogens is 1. The van der Waals surface area contributed by atoms with Crippen molar-refractivity contribution in [2.75, 3.05) is 31.6 Å². The molecule has 100 valence electrons. The van der Waals surface area contributed by atoms with Crippen LogP contribution in [0, 0.1) is 5.82 Å². The first-order valence-electron chi connectivity index (χ1n) is 6.41. The summed E-state index contributed by atoms with van der Waals surface area (Å²) in [5.74, 6) is 0.514. The maximum Gasteiger partial charge on any atom is 0.141 e. The smallest absolute Gasteiger partial charge is 0.141 e. The number of anilines is 1. The van der Waals surface area contributed by atoms with Crippen LogP contribution in [0.2, 0.25) is 0 Å². The highest BCUT2D eigenvalue weighted by Gasteiger charge is 2.22. The Kier molecular flexibility index (Phi) is 4.14. The van der Waals surface area contributed by atoms with Crippen molar-refractivity contribution in [2.24, 2.45) is 5.73 Å². The number of pyridine rings is 1. The lowest BCUT2D eigenvalue weighted by atomic mass is 10.2. The fraction of sp³-hybridized carbons (Fsp3) is 0.615. The third-order valence-electron chi connectivity index (χ3n) is 3.45. The molecular weight excluding hydrogens is 231 g/mol. The van der Waals surface area contributed by atoms with Crippen LogP contribution in [-0.2, 0) is 6.54 Å². The van der Waals surface area contributed by atoms with E-state index in [-0.39, 0.29) is 5.82 Å². The van der Waals surface area contributed by atoms with E-state index < -0.39 is 0 Å². The van der Waals surface area contributed by atoms with Gasteiger partial charge in [-0.2, -0.15) is 0 Å². The summed E-state index contributed by atoms with van der Waals surface area (Å²) in [6.45, 7) is 5.51. The Morgan fingerprint density at radius 3 is 3.00 bits per heavy atom. The molecule has 5 heteroatoms. The Morgan fingerprint density at radius 2 is 2.28 bits per heavy atom. The lowest BCUT2D eigenvalue weighted by Gasteiger charge is -2.30. The first kappa shape index (κ1) is 13.2. The number of hydrogen-bond acceptors (Lipinski definition) is 4. The molecule has 2 heterocycles. The van der Waals surface area contributed by atoms with Gasteiger partial charge >= 0.3 is 0 Å². The Balaban J connectivity index is 2.29. The van der Waals surface area contributed by atoms with Gasteiger partial charge in [0.25, 0.3) is 0 Å². The molecule has 1 saturated heterocycles. The van der Waals surface area contributed by atoms with E-state index in [4.69, 9.17) is 5.73 Å². The number of nitrogens with two attached hydrogens (primary N) is 1. The number of likely N-dealkylation sites (N-methyl/N-ethyl adjacent to an activating group) is 1. The highest BCUT2D eigenvalue weighted by atomic mass is 19.1. The molecule has 0 radical (unpaired) electrons. The molecule has 2 N–H and O–H groups in total. The predicted octanol–water partition coefficient (Wildman–Crippen LogP) is 1.21. The molecule has 1 aliphatic heterocycles. The Labute approximate surface area is 108 Å². The van der Waals surface area contributed by atoms with Gasteiger partial charge in [0.05, 0.1) is 6.20 Å². The molecule has 18 heavy (non-hydrogen) atoms. The first-order chi connectivity index (χ1) is 8.61. The molecule has 0 amide bonds. The average Bonchev–Trinajstić information content (AvgIpc) is 2.50. The summed E-state index contributed by atoms with van der Waals surface area (Å²) in [5.41, 5.74) is 6.48. The van der Waals surface area contributed by atoms with E-state index in [1.807, 2.05) is 0 Å². The first-order valence-corrected chi connectivity index (χ1v) is 6.41. The summed E-state index contributed by atoms with van der Waals surface area (Å²) in [6, 6.07) is 1.85. The van der Waals surface area contributed by atoms with Crippen LogP contribution in [0.15, 0.2) is 12.3 Å². The number of aromatic nitrogens is 1. The summed E-state index contributed by atoms with van der Waals surface area (Å²) in [5, 5.41) is 0. The van der Waals surface area contributed by atoms with E-state index in [1.165, 1.54) is 12.3 Å². The lowest BCUT2D eigenvalue weighted by Crippen LogP contribution is -2.39. The van der Waals surface area contributed by atoms with Crippen molar-refractivity contribution in [1.29, 1.82) is 0 Å². The van der Waals surface area contributed by atoms with E-state index in [0.29, 0.717) is 12.6 Å². The molecule has 0 spiro atoms. The van der Waals surface area contributed by atoms with E-state index in [9.17, 15) is 4.39 Å². The zero-order valence-corrected chi connectivity index (χ0v) is 11.1. The topological polar surface area (TPSA) is 45.4 Å². The highest BCUT2D eigenvalue weighted by Crippen LogP contribution is 2.22. The molecule has 0 bridgehead atoms. The molecule has 0 saturated carbocycles. The summed E-state index contributed by atoms with van der Waals surface area (Å²) in [7, 11) is 2.13. The van der Waals surface area contributed by atoms with Crippen molar-refractivity contribution < 1.29 is 4.39 Å². The summed E-state index contributed by atoms with van der Waals surface area (Å²) >= 11 is 0. The van der Waals surface area contributed by atoms with E-state index in [2.05, 4.69) is 28.8 Å². The van der Waals surface area contributed by atoms with Crippen molar-refractivity contribution in [2.45, 2.75) is 25.9 Å². The van der Waals surface area contributed by atoms with Crippen molar-refractivity contribution in [3.63, 3.8) is 0 Å². The number of nitrogens with zero attached hydrogens (tertiary/aromatic N) is 3. The van der Waals surface area contributed by atoms with Gasteiger partial charge in [0.1, 0.15) is 11.6 Å². The van der Waals surface area contributed by atoms with Crippen molar-refractivity contribution in [3.05, 3.63) is 23.6 Å². The molecule has 1 aliphatic rings. The maximum atomic E-state index is 13.2. The fourth-order valence-corrected chi connectivity index (χ4v) is 2.57. The quantitative estimate of drug-likeness (QED) is 0.859. The highest BCUT2D eigenvalue weighted by molar-refractivity contribution is 5.48. The standard InChI is InChI=1S/C13H21FN4/c1-10-9-17(2)4-3-5-18(10)13-11(7-15)6-12(14)8-16-13/h6,8,10H,3-5,7,9,15H2,1-2H3. The zero-order valence-electron chi connectivity index (χ0n) is 11.1. The Bertz CT molecular complexity index is 410. The normalized spacial score (nSPS) is 22.0. The number of rotatable bonds is 2. The SMILES string of the molecule is CC1CN(C)CCCN1c1ncc(F)cc1CN. The van der Waals surface area contributed by atoms with Crippen LogP contribution in [0.4, 0.5) is 10.2 Å². The van der Waals surface area contributed by atoms with Crippen LogP contribution in [-0.4, -0.2) is 42.6 Å². The summed E-state index contributed by atoms with van der Waals surface area (Å²) < 4.78 is 13.2. The molecule has 0 aromatic carbocycles. The monoisotopic (exact) mass is 252 g/mol. The van der Waals surface area contributed by atoms with E-state index in [0.717, 1.165) is 37.4 Å². The maximum absolute atomic E-state index is 13.2. The largest absolute Gasteiger partial charge is 0.352 e. The summed E-state index contributed by atoms with van der Waals surface area (Å²) in [6.07, 6.45) is 2.36. The summed E-state index contributed by atoms with van der Waals surface area (Å²) in [4.78, 5) is 8.80. The van der Waals surface area contributed by atoms with Gasteiger partial charge in [-0.15, -0.1) is 0 Å². The molecule has 1 aromatic heterocycles. The zero-order chi connectivity index (χ0) is 13.1. The molecule has 4 nitrogen and oxygen atoms in total. The second kappa shape index (κ2) is 5.63. The minimum Gasteiger partial charge on any atom is -0.352 e. The van der Waals surface area contributed by atoms with Crippen LogP contribution >= 0.6 is 0 Å². The van der Waals surface area contributed by atoms with E-state index in [1.54, 1.807) is 0 Å². The molecular formula is C13H21FN4. The molecule has 1 unspecified atom stereocenters. The molecule has 1 aromatic rings. The Morgan fingerprint density at radius 1 is 1.50 bits per heavy atom. The van der Waals surface area contributed by atoms with Crippen LogP contribution in [0.25, 0.3) is 0 Å². The van der Waals surface area contributed by atoms with E-state index >= 15 is 0 Å². The number of hydrogen-bond donors (Lipinski definition) is 1. The van der Waals surface area contributed by atoms with Gasteiger partial charge in [-0.25, -0.2) is 9.37 Å². The Hall–Kier alpha value is -1.20. The average molecular weight is 252 g/mol. The van der Waals surface area contributed by atoms with Crippen LogP contribution in [0.3, 0.4) is 0 Å². The van der Waals surface area contributed by atoms with Gasteiger partial charge in [-0.05, 0) is 33.0 Å². The van der Waals surface area contributed by atoms with Gasteiger partial charge in [0, 0.05) is 31.2 Å². The minimum absolute atomic E-state index is 0.319. The second-order valence-electron chi connectivity index (χ2n) is 5.00. The second-order valence-corrected chi connectivity index (χ2v) is 5.00. The molecule has 1 atom stereocenters. The van der Waals surface area contributed by atoms with Crippen LogP contribution < -0.4 is 10.6 Å². The minimum atomic E-state index is -0.321. The fourth-order valence-electron chi connectivity index (χ4n) is 2.57. The lowest BCUT2D eigenvalue weighted by molar-refractivity contribution is 0.337. The van der Waals surface area contributed by atoms with Crippen LogP contribution in [0.5, 0.6) is 0 Å². The van der Waals surface area contributed by atoms with Gasteiger partial charge in [0.2, 0.25) is 0 Å². The van der Waals surface area contributed by atoms with Crippen molar-refractivity contribution >= 4 is 5.82 Å². The van der Waals surface area contributed by atoms with Crippen molar-refractivity contribution in [3.8, 4) is 0 Å². The third-order valence-corrected chi connectivity index (χ3v) is 3.45. The van der Waals surface area contributed by atoms with Gasteiger partial charge < -0.3 is 15.5 Å².